The van der Waals surface area contributed by atoms with E-state index >= 15 is 0 Å². The SMILES string of the molecule is O=C(O)c1ccc(-n2cncn2)cc1[N+](=O)[O-]. The molecule has 17 heavy (non-hydrogen) atoms. The van der Waals surface area contributed by atoms with Crippen LogP contribution in [0.25, 0.3) is 5.69 Å². The fourth-order valence-electron chi connectivity index (χ4n) is 1.34. The molecule has 0 aliphatic heterocycles. The van der Waals surface area contributed by atoms with E-state index in [2.05, 4.69) is 10.1 Å². The van der Waals surface area contributed by atoms with E-state index in [1.807, 2.05) is 0 Å². The number of aromatic nitrogens is 3. The summed E-state index contributed by atoms with van der Waals surface area (Å²) in [5.74, 6) is -1.35. The summed E-state index contributed by atoms with van der Waals surface area (Å²) >= 11 is 0. The molecular formula is C9H6N4O4. The first-order chi connectivity index (χ1) is 8.09. The first-order valence-electron chi connectivity index (χ1n) is 4.46. The Labute approximate surface area is 94.3 Å². The molecule has 86 valence electrons. The van der Waals surface area contributed by atoms with Gasteiger partial charge in [0.25, 0.3) is 5.69 Å². The molecule has 1 aromatic carbocycles. The lowest BCUT2D eigenvalue weighted by molar-refractivity contribution is -0.385. The molecule has 8 nitrogen and oxygen atoms in total. The van der Waals surface area contributed by atoms with Gasteiger partial charge in [0, 0.05) is 6.07 Å². The van der Waals surface area contributed by atoms with Gasteiger partial charge in [-0.05, 0) is 12.1 Å². The predicted molar refractivity (Wildman–Crippen MR) is 55.0 cm³/mol. The van der Waals surface area contributed by atoms with E-state index in [0.717, 1.165) is 12.1 Å². The highest BCUT2D eigenvalue weighted by atomic mass is 16.6. The van der Waals surface area contributed by atoms with E-state index in [1.165, 1.54) is 23.4 Å². The predicted octanol–water partition coefficient (Wildman–Crippen LogP) is 0.874. The van der Waals surface area contributed by atoms with Crippen molar-refractivity contribution in [2.45, 2.75) is 0 Å². The smallest absolute Gasteiger partial charge is 0.342 e. The third-order valence-corrected chi connectivity index (χ3v) is 2.09. The number of nitrogens with zero attached hydrogens (tertiary/aromatic N) is 4. The molecular weight excluding hydrogens is 228 g/mol. The normalized spacial score (nSPS) is 10.1. The largest absolute Gasteiger partial charge is 0.477 e. The lowest BCUT2D eigenvalue weighted by atomic mass is 10.1. The van der Waals surface area contributed by atoms with Crippen molar-refractivity contribution in [2.24, 2.45) is 0 Å². The molecule has 0 aliphatic rings. The Morgan fingerprint density at radius 2 is 2.24 bits per heavy atom. The topological polar surface area (TPSA) is 111 Å². The highest BCUT2D eigenvalue weighted by Gasteiger charge is 2.20. The van der Waals surface area contributed by atoms with Gasteiger partial charge in [0.05, 0.1) is 10.6 Å². The minimum atomic E-state index is -1.35. The zero-order chi connectivity index (χ0) is 12.4. The molecule has 0 saturated carbocycles. The van der Waals surface area contributed by atoms with Gasteiger partial charge in [-0.15, -0.1) is 0 Å². The van der Waals surface area contributed by atoms with Crippen molar-refractivity contribution in [3.63, 3.8) is 0 Å². The molecule has 0 bridgehead atoms. The maximum absolute atomic E-state index is 10.8. The van der Waals surface area contributed by atoms with Gasteiger partial charge in [-0.25, -0.2) is 14.5 Å². The van der Waals surface area contributed by atoms with Gasteiger partial charge in [-0.1, -0.05) is 0 Å². The van der Waals surface area contributed by atoms with Crippen LogP contribution in [0, 0.1) is 10.1 Å². The van der Waals surface area contributed by atoms with Crippen LogP contribution in [0.3, 0.4) is 0 Å². The first kappa shape index (κ1) is 10.7. The van der Waals surface area contributed by atoms with Crippen LogP contribution in [-0.4, -0.2) is 30.8 Å². The maximum atomic E-state index is 10.8. The van der Waals surface area contributed by atoms with Gasteiger partial charge in [0.1, 0.15) is 18.2 Å². The Bertz CT molecular complexity index is 579. The van der Waals surface area contributed by atoms with Crippen LogP contribution in [0.5, 0.6) is 0 Å². The number of hydrogen-bond donors (Lipinski definition) is 1. The molecule has 0 aliphatic carbocycles. The van der Waals surface area contributed by atoms with Crippen molar-refractivity contribution in [3.05, 3.63) is 46.5 Å². The van der Waals surface area contributed by atoms with Crippen LogP contribution in [0.4, 0.5) is 5.69 Å². The Balaban J connectivity index is 2.57. The van der Waals surface area contributed by atoms with Crippen LogP contribution in [-0.2, 0) is 0 Å². The van der Waals surface area contributed by atoms with Crippen molar-refractivity contribution >= 4 is 11.7 Å². The van der Waals surface area contributed by atoms with E-state index in [1.54, 1.807) is 0 Å². The van der Waals surface area contributed by atoms with Crippen molar-refractivity contribution in [3.8, 4) is 5.69 Å². The van der Waals surface area contributed by atoms with Crippen LogP contribution < -0.4 is 0 Å². The second kappa shape index (κ2) is 4.00. The number of carboxylic acid groups (broad SMARTS) is 1. The van der Waals surface area contributed by atoms with Gasteiger partial charge >= 0.3 is 5.97 Å². The molecule has 1 N–H and O–H groups in total. The number of nitro groups is 1. The highest BCUT2D eigenvalue weighted by molar-refractivity contribution is 5.92. The number of benzene rings is 1. The summed E-state index contributed by atoms with van der Waals surface area (Å²) in [6, 6.07) is 3.72. The van der Waals surface area contributed by atoms with Gasteiger partial charge in [0.15, 0.2) is 0 Å². The third-order valence-electron chi connectivity index (χ3n) is 2.09. The minimum absolute atomic E-state index is 0.362. The molecule has 0 atom stereocenters. The lowest BCUT2D eigenvalue weighted by Crippen LogP contribution is -2.04. The fourth-order valence-corrected chi connectivity index (χ4v) is 1.34. The fraction of sp³-hybridized carbons (Fsp3) is 0. The van der Waals surface area contributed by atoms with Gasteiger partial charge in [-0.3, -0.25) is 10.1 Å². The van der Waals surface area contributed by atoms with Crippen LogP contribution in [0.2, 0.25) is 0 Å². The Hall–Kier alpha value is -2.77. The second-order valence-corrected chi connectivity index (χ2v) is 3.10. The van der Waals surface area contributed by atoms with Crippen LogP contribution in [0.15, 0.2) is 30.9 Å². The zero-order valence-corrected chi connectivity index (χ0v) is 8.35. The number of rotatable bonds is 3. The zero-order valence-electron chi connectivity index (χ0n) is 8.35. The first-order valence-corrected chi connectivity index (χ1v) is 4.46. The lowest BCUT2D eigenvalue weighted by Gasteiger charge is -2.02. The standard InChI is InChI=1S/C9H6N4O4/c14-9(15)7-2-1-6(3-8(7)13(16)17)12-5-10-4-11-12/h1-5H,(H,14,15). The number of hydrogen-bond acceptors (Lipinski definition) is 5. The number of carbonyl (C=O) groups is 1. The summed E-state index contributed by atoms with van der Waals surface area (Å²) in [6.07, 6.45) is 2.64. The Kier molecular flexibility index (Phi) is 2.53. The molecule has 2 aromatic rings. The van der Waals surface area contributed by atoms with E-state index in [4.69, 9.17) is 5.11 Å². The molecule has 1 aromatic heterocycles. The summed E-state index contributed by atoms with van der Waals surface area (Å²) in [5, 5.41) is 23.3. The average molecular weight is 234 g/mol. The number of carboxylic acids is 1. The monoisotopic (exact) mass is 234 g/mol. The minimum Gasteiger partial charge on any atom is -0.477 e. The molecule has 0 fully saturated rings. The molecule has 8 heteroatoms. The Morgan fingerprint density at radius 1 is 1.47 bits per heavy atom. The molecule has 0 saturated heterocycles. The maximum Gasteiger partial charge on any atom is 0.342 e. The van der Waals surface area contributed by atoms with Gasteiger partial charge in [0.2, 0.25) is 0 Å². The van der Waals surface area contributed by atoms with E-state index in [9.17, 15) is 14.9 Å². The van der Waals surface area contributed by atoms with Crippen LogP contribution in [0.1, 0.15) is 10.4 Å². The van der Waals surface area contributed by atoms with E-state index < -0.39 is 16.6 Å². The average Bonchev–Trinajstić information content (AvgIpc) is 2.81. The van der Waals surface area contributed by atoms with Crippen molar-refractivity contribution < 1.29 is 14.8 Å². The molecule has 0 radical (unpaired) electrons. The summed E-state index contributed by atoms with van der Waals surface area (Å²) < 4.78 is 1.30. The summed E-state index contributed by atoms with van der Waals surface area (Å²) in [5.41, 5.74) is -0.469. The van der Waals surface area contributed by atoms with Gasteiger partial charge < -0.3 is 5.11 Å². The number of nitro benzene ring substituents is 1. The third kappa shape index (κ3) is 1.95. The summed E-state index contributed by atoms with van der Waals surface area (Å²) in [6.45, 7) is 0. The van der Waals surface area contributed by atoms with Crippen molar-refractivity contribution in [1.29, 1.82) is 0 Å². The Morgan fingerprint density at radius 3 is 2.76 bits per heavy atom. The summed E-state index contributed by atoms with van der Waals surface area (Å²) in [7, 11) is 0. The van der Waals surface area contributed by atoms with Crippen molar-refractivity contribution in [2.75, 3.05) is 0 Å². The summed E-state index contributed by atoms with van der Waals surface area (Å²) in [4.78, 5) is 24.5. The molecule has 1 heterocycles. The van der Waals surface area contributed by atoms with Crippen molar-refractivity contribution in [1.82, 2.24) is 14.8 Å². The molecule has 2 rings (SSSR count). The van der Waals surface area contributed by atoms with Crippen LogP contribution >= 0.6 is 0 Å². The molecule has 0 spiro atoms. The number of aromatic carboxylic acids is 1. The molecule has 0 amide bonds. The van der Waals surface area contributed by atoms with E-state index in [-0.39, 0.29) is 5.56 Å². The van der Waals surface area contributed by atoms with Gasteiger partial charge in [-0.2, -0.15) is 5.10 Å². The second-order valence-electron chi connectivity index (χ2n) is 3.10. The highest BCUT2D eigenvalue weighted by Crippen LogP contribution is 2.21. The molecule has 0 unspecified atom stereocenters. The quantitative estimate of drug-likeness (QED) is 0.623. The van der Waals surface area contributed by atoms with E-state index in [0.29, 0.717) is 5.69 Å².